The molecule has 0 bridgehead atoms. The highest BCUT2D eigenvalue weighted by atomic mass is 35.5. The largest absolute Gasteiger partial charge is 0.372 e. The van der Waals surface area contributed by atoms with Crippen molar-refractivity contribution in [3.8, 4) is 0 Å². The number of halogens is 1. The molecule has 1 heterocycles. The maximum Gasteiger partial charge on any atom is 0.0509 e. The van der Waals surface area contributed by atoms with Gasteiger partial charge >= 0.3 is 0 Å². The average Bonchev–Trinajstić information content (AvgIpc) is 2.34. The lowest BCUT2D eigenvalue weighted by Crippen LogP contribution is -2.30. The Hall–Kier alpha value is -0.410. The quantitative estimate of drug-likeness (QED) is 0.735. The van der Waals surface area contributed by atoms with Crippen molar-refractivity contribution in [2.24, 2.45) is 0 Å². The third kappa shape index (κ3) is 4.07. The van der Waals surface area contributed by atoms with Crippen molar-refractivity contribution < 1.29 is 0 Å². The van der Waals surface area contributed by atoms with Gasteiger partial charge in [0.25, 0.3) is 0 Å². The van der Waals surface area contributed by atoms with Crippen LogP contribution in [0.2, 0.25) is 0 Å². The first kappa shape index (κ1) is 14.7. The van der Waals surface area contributed by atoms with Crippen LogP contribution in [0.5, 0.6) is 0 Å². The second-order valence-corrected chi connectivity index (χ2v) is 5.58. The molecule has 1 aromatic rings. The number of anilines is 1. The molecule has 0 N–H and O–H groups in total. The Morgan fingerprint density at radius 2 is 2.24 bits per heavy atom. The van der Waals surface area contributed by atoms with E-state index in [0.717, 1.165) is 11.3 Å². The minimum atomic E-state index is 0.516. The van der Waals surface area contributed by atoms with Crippen LogP contribution in [0.1, 0.15) is 24.6 Å². The van der Waals surface area contributed by atoms with Gasteiger partial charge in [-0.1, -0.05) is 0 Å². The predicted molar refractivity (Wildman–Crippen MR) is 79.4 cm³/mol. The van der Waals surface area contributed by atoms with E-state index in [-0.39, 0.29) is 0 Å². The molecule has 1 aromatic heterocycles. The number of hydrogen-bond donors (Lipinski definition) is 0. The molecule has 0 aromatic carbocycles. The zero-order chi connectivity index (χ0) is 12.8. The van der Waals surface area contributed by atoms with E-state index in [4.69, 9.17) is 11.6 Å². The maximum absolute atomic E-state index is 5.97. The summed E-state index contributed by atoms with van der Waals surface area (Å²) in [5.74, 6) is 1.70. The fourth-order valence-electron chi connectivity index (χ4n) is 1.72. The molecule has 1 unspecified atom stereocenters. The highest BCUT2D eigenvalue weighted by Crippen LogP contribution is 2.24. The van der Waals surface area contributed by atoms with E-state index in [1.54, 1.807) is 0 Å². The zero-order valence-electron chi connectivity index (χ0n) is 11.0. The Balaban J connectivity index is 2.86. The fourth-order valence-corrected chi connectivity index (χ4v) is 2.51. The molecule has 96 valence electrons. The molecule has 1 atom stereocenters. The van der Waals surface area contributed by atoms with Crippen molar-refractivity contribution in [3.63, 3.8) is 0 Å². The predicted octanol–water partition coefficient (Wildman–Crippen LogP) is 3.71. The van der Waals surface area contributed by atoms with Gasteiger partial charge in [-0.15, -0.1) is 11.6 Å². The van der Waals surface area contributed by atoms with Crippen LogP contribution < -0.4 is 4.90 Å². The summed E-state index contributed by atoms with van der Waals surface area (Å²) < 4.78 is 0. The Labute approximate surface area is 114 Å². The summed E-state index contributed by atoms with van der Waals surface area (Å²) in [7, 11) is 2.13. The van der Waals surface area contributed by atoms with Gasteiger partial charge in [-0.25, -0.2) is 0 Å². The van der Waals surface area contributed by atoms with E-state index >= 15 is 0 Å². The summed E-state index contributed by atoms with van der Waals surface area (Å²) in [4.78, 5) is 6.61. The van der Waals surface area contributed by atoms with Gasteiger partial charge in [-0.2, -0.15) is 11.8 Å². The number of alkyl halides is 1. The molecular weight excluding hydrogens is 252 g/mol. The van der Waals surface area contributed by atoms with Crippen LogP contribution in [-0.4, -0.2) is 30.1 Å². The van der Waals surface area contributed by atoms with Gasteiger partial charge in [0.2, 0.25) is 0 Å². The van der Waals surface area contributed by atoms with Gasteiger partial charge in [0.05, 0.1) is 5.88 Å². The molecule has 0 radical (unpaired) electrons. The van der Waals surface area contributed by atoms with Crippen LogP contribution in [0.15, 0.2) is 12.3 Å². The van der Waals surface area contributed by atoms with E-state index in [1.165, 1.54) is 17.9 Å². The van der Waals surface area contributed by atoms with Crippen molar-refractivity contribution in [1.29, 1.82) is 0 Å². The lowest BCUT2D eigenvalue weighted by atomic mass is 10.1. The summed E-state index contributed by atoms with van der Waals surface area (Å²) in [6.45, 7) is 4.27. The minimum Gasteiger partial charge on any atom is -0.372 e. The standard InChI is InChI=1S/C13H21ClN2S/c1-10-7-13(12(8-14)9-15-10)16(3)11(2)5-6-17-4/h7,9,11H,5-6,8H2,1-4H3. The Morgan fingerprint density at radius 3 is 2.82 bits per heavy atom. The monoisotopic (exact) mass is 272 g/mol. The third-order valence-corrected chi connectivity index (χ3v) is 3.96. The SMILES string of the molecule is CSCCC(C)N(C)c1cc(C)ncc1CCl. The van der Waals surface area contributed by atoms with Crippen LogP contribution in [0.3, 0.4) is 0 Å². The number of pyridine rings is 1. The van der Waals surface area contributed by atoms with E-state index < -0.39 is 0 Å². The topological polar surface area (TPSA) is 16.1 Å². The second kappa shape index (κ2) is 7.12. The van der Waals surface area contributed by atoms with Crippen molar-refractivity contribution in [2.75, 3.05) is 24.0 Å². The van der Waals surface area contributed by atoms with Gasteiger partial charge in [-0.05, 0) is 38.3 Å². The zero-order valence-corrected chi connectivity index (χ0v) is 12.6. The summed E-state index contributed by atoms with van der Waals surface area (Å²) in [5, 5.41) is 0. The van der Waals surface area contributed by atoms with E-state index in [9.17, 15) is 0 Å². The van der Waals surface area contributed by atoms with Crippen molar-refractivity contribution >= 4 is 29.1 Å². The van der Waals surface area contributed by atoms with Crippen LogP contribution >= 0.6 is 23.4 Å². The molecule has 0 spiro atoms. The summed E-state index contributed by atoms with van der Waals surface area (Å²) in [6.07, 6.45) is 5.21. The number of nitrogens with zero attached hydrogens (tertiary/aromatic N) is 2. The molecule has 2 nitrogen and oxygen atoms in total. The van der Waals surface area contributed by atoms with Gasteiger partial charge in [0.1, 0.15) is 0 Å². The molecule has 0 aliphatic carbocycles. The molecule has 0 saturated heterocycles. The molecule has 0 fully saturated rings. The Morgan fingerprint density at radius 1 is 1.53 bits per heavy atom. The normalized spacial score (nSPS) is 12.5. The maximum atomic E-state index is 5.97. The van der Waals surface area contributed by atoms with E-state index in [2.05, 4.69) is 36.2 Å². The van der Waals surface area contributed by atoms with Crippen LogP contribution in [0.4, 0.5) is 5.69 Å². The first-order valence-electron chi connectivity index (χ1n) is 5.83. The van der Waals surface area contributed by atoms with Crippen molar-refractivity contribution in [3.05, 3.63) is 23.5 Å². The van der Waals surface area contributed by atoms with Crippen LogP contribution in [0.25, 0.3) is 0 Å². The molecule has 4 heteroatoms. The Kier molecular flexibility index (Phi) is 6.14. The minimum absolute atomic E-state index is 0.516. The van der Waals surface area contributed by atoms with Gasteiger partial charge < -0.3 is 4.90 Å². The lowest BCUT2D eigenvalue weighted by molar-refractivity contribution is 0.667. The van der Waals surface area contributed by atoms with E-state index in [0.29, 0.717) is 11.9 Å². The van der Waals surface area contributed by atoms with Crippen molar-refractivity contribution in [2.45, 2.75) is 32.2 Å². The number of rotatable bonds is 6. The lowest BCUT2D eigenvalue weighted by Gasteiger charge is -2.28. The number of aromatic nitrogens is 1. The molecular formula is C13H21ClN2S. The fraction of sp³-hybridized carbons (Fsp3) is 0.615. The second-order valence-electron chi connectivity index (χ2n) is 4.33. The first-order valence-corrected chi connectivity index (χ1v) is 7.76. The van der Waals surface area contributed by atoms with Gasteiger partial charge in [0, 0.05) is 36.2 Å². The van der Waals surface area contributed by atoms with E-state index in [1.807, 2.05) is 24.9 Å². The van der Waals surface area contributed by atoms with Crippen LogP contribution in [0, 0.1) is 6.92 Å². The summed E-state index contributed by atoms with van der Waals surface area (Å²) >= 11 is 7.86. The van der Waals surface area contributed by atoms with Gasteiger partial charge in [-0.3, -0.25) is 4.98 Å². The summed E-state index contributed by atoms with van der Waals surface area (Å²) in [6, 6.07) is 2.64. The molecule has 1 rings (SSSR count). The highest BCUT2D eigenvalue weighted by molar-refractivity contribution is 7.98. The number of hydrogen-bond acceptors (Lipinski definition) is 3. The first-order chi connectivity index (χ1) is 8.10. The molecule has 0 aliphatic rings. The highest BCUT2D eigenvalue weighted by Gasteiger charge is 2.13. The summed E-state index contributed by atoms with van der Waals surface area (Å²) in [5.41, 5.74) is 3.36. The average molecular weight is 273 g/mol. The molecule has 0 saturated carbocycles. The van der Waals surface area contributed by atoms with Crippen LogP contribution in [-0.2, 0) is 5.88 Å². The van der Waals surface area contributed by atoms with Crippen molar-refractivity contribution in [1.82, 2.24) is 4.98 Å². The molecule has 0 aliphatic heterocycles. The third-order valence-electron chi connectivity index (χ3n) is 3.02. The number of aryl methyl sites for hydroxylation is 1. The van der Waals surface area contributed by atoms with Gasteiger partial charge in [0.15, 0.2) is 0 Å². The molecule has 17 heavy (non-hydrogen) atoms. The Bertz CT molecular complexity index is 357. The smallest absolute Gasteiger partial charge is 0.0509 e. The molecule has 0 amide bonds. The number of thioether (sulfide) groups is 1.